The standard InChI is InChI=1S/C68H109N3O17Si2/c1-23-81-61(73)36-49(87-89(19,20)67(7,8)9)26-24-27-53(72)45(4)64(79-18)50-39-83-66(70-50)52-41-84-65(71-52)51-40-82-60(69-51)29-25-28-54(74-13)46(5)58(88-90(21,22)68(10,11)12)37-57(76-15)43(2)30-32-55(47(6)63-44(3)34-62(78-17)86-63)85-42-80-38-48-31-33-56(75-14)59(35-48)77-16/h24-25,27,29,31,33,35,39-41,43-47,49,54-55,57-58,62-64H,23,26,28,30,32,34,36-38,42H2,1-22H3/b27-24+,29-25+/t43-,44+,45-,46+,47+,49-,54-,55+,57-,58-,62?,63+,64-/m0/s1. The molecule has 0 radical (unpaired) electrons. The van der Waals surface area contributed by atoms with Crippen molar-refractivity contribution >= 4 is 34.5 Å². The average Bonchev–Trinajstić information content (AvgIpc) is 1.35. The van der Waals surface area contributed by atoms with Crippen molar-refractivity contribution in [1.29, 1.82) is 0 Å². The lowest BCUT2D eigenvalue weighted by molar-refractivity contribution is -0.162. The molecule has 20 nitrogen and oxygen atoms in total. The minimum atomic E-state index is -2.29. The summed E-state index contributed by atoms with van der Waals surface area (Å²) in [6, 6.07) is 5.75. The van der Waals surface area contributed by atoms with Gasteiger partial charge < -0.3 is 69.5 Å². The van der Waals surface area contributed by atoms with E-state index in [9.17, 15) is 9.59 Å². The minimum absolute atomic E-state index is 0.0326. The third kappa shape index (κ3) is 21.3. The smallest absolute Gasteiger partial charge is 0.308 e. The van der Waals surface area contributed by atoms with Gasteiger partial charge >= 0.3 is 5.97 Å². The van der Waals surface area contributed by atoms with Gasteiger partial charge in [-0.05, 0) is 117 Å². The highest BCUT2D eigenvalue weighted by molar-refractivity contribution is 6.74. The number of aromatic nitrogens is 3. The van der Waals surface area contributed by atoms with Crippen molar-refractivity contribution in [3.05, 3.63) is 72.4 Å². The van der Waals surface area contributed by atoms with Gasteiger partial charge in [0, 0.05) is 46.7 Å². The van der Waals surface area contributed by atoms with Gasteiger partial charge in [0.2, 0.25) is 17.7 Å². The van der Waals surface area contributed by atoms with Gasteiger partial charge in [0.1, 0.15) is 37.4 Å². The number of methoxy groups -OCH3 is 6. The molecular weight excluding hydrogens is 1190 g/mol. The monoisotopic (exact) mass is 1300 g/mol. The van der Waals surface area contributed by atoms with E-state index in [0.29, 0.717) is 66.3 Å². The number of allylic oxidation sites excluding steroid dienone is 1. The zero-order chi connectivity index (χ0) is 66.7. The predicted octanol–water partition coefficient (Wildman–Crippen LogP) is 15.0. The zero-order valence-corrected chi connectivity index (χ0v) is 60.1. The van der Waals surface area contributed by atoms with Crippen molar-refractivity contribution in [2.45, 2.75) is 220 Å². The van der Waals surface area contributed by atoms with E-state index in [4.69, 9.17) is 69.5 Å². The second-order valence-electron chi connectivity index (χ2n) is 27.1. The molecule has 0 spiro atoms. The topological polar surface area (TPSA) is 223 Å². The number of carbonyl (C=O) groups is 2. The molecule has 5 rings (SSSR count). The Morgan fingerprint density at radius 2 is 1.38 bits per heavy atom. The Morgan fingerprint density at radius 1 is 0.733 bits per heavy atom. The molecule has 1 aliphatic heterocycles. The van der Waals surface area contributed by atoms with Gasteiger partial charge in [-0.1, -0.05) is 94.4 Å². The first-order chi connectivity index (χ1) is 42.4. The van der Waals surface area contributed by atoms with Crippen molar-refractivity contribution in [1.82, 2.24) is 15.0 Å². The van der Waals surface area contributed by atoms with Crippen LogP contribution in [0.2, 0.25) is 36.3 Å². The third-order valence-corrected chi connectivity index (χ3v) is 27.7. The number of nitrogens with zero attached hydrogens (tertiary/aromatic N) is 3. The van der Waals surface area contributed by atoms with E-state index in [1.807, 2.05) is 30.4 Å². The Morgan fingerprint density at radius 3 is 2.00 bits per heavy atom. The number of rotatable bonds is 39. The van der Waals surface area contributed by atoms with E-state index in [2.05, 4.69) is 110 Å². The molecule has 506 valence electrons. The van der Waals surface area contributed by atoms with Crippen molar-refractivity contribution in [2.75, 3.05) is 56.1 Å². The van der Waals surface area contributed by atoms with Crippen molar-refractivity contribution in [3.8, 4) is 34.7 Å². The first-order valence-corrected chi connectivity index (χ1v) is 37.7. The summed E-state index contributed by atoms with van der Waals surface area (Å²) in [5.74, 6) is 1.36. The van der Waals surface area contributed by atoms with E-state index in [1.54, 1.807) is 55.5 Å². The Kier molecular flexibility index (Phi) is 29.4. The van der Waals surface area contributed by atoms with Gasteiger partial charge in [0.05, 0.1) is 76.4 Å². The number of hydrogen-bond donors (Lipinski definition) is 0. The van der Waals surface area contributed by atoms with Crippen LogP contribution >= 0.6 is 0 Å². The van der Waals surface area contributed by atoms with E-state index in [-0.39, 0.29) is 108 Å². The lowest BCUT2D eigenvalue weighted by Gasteiger charge is -2.43. The highest BCUT2D eigenvalue weighted by atomic mass is 28.4. The minimum Gasteiger partial charge on any atom is -0.493 e. The van der Waals surface area contributed by atoms with Crippen LogP contribution in [0.3, 0.4) is 0 Å². The van der Waals surface area contributed by atoms with Crippen molar-refractivity contribution < 1.29 is 79.1 Å². The molecule has 0 N–H and O–H groups in total. The Hall–Kier alpha value is -4.86. The Balaban J connectivity index is 1.23. The van der Waals surface area contributed by atoms with Crippen molar-refractivity contribution in [2.24, 2.45) is 29.6 Å². The second kappa shape index (κ2) is 34.9. The predicted molar refractivity (Wildman–Crippen MR) is 351 cm³/mol. The number of esters is 1. The van der Waals surface area contributed by atoms with Crippen LogP contribution in [-0.4, -0.2) is 142 Å². The molecule has 0 amide bonds. The van der Waals surface area contributed by atoms with E-state index >= 15 is 0 Å². The van der Waals surface area contributed by atoms with E-state index in [0.717, 1.165) is 24.8 Å². The van der Waals surface area contributed by atoms with Crippen LogP contribution in [0.25, 0.3) is 29.2 Å². The average molecular weight is 1300 g/mol. The van der Waals surface area contributed by atoms with Gasteiger partial charge in [0.25, 0.3) is 0 Å². The molecule has 4 heterocycles. The molecule has 4 aromatic rings. The molecule has 3 aromatic heterocycles. The molecule has 90 heavy (non-hydrogen) atoms. The van der Waals surface area contributed by atoms with Gasteiger partial charge in [-0.15, -0.1) is 0 Å². The largest absolute Gasteiger partial charge is 0.493 e. The van der Waals surface area contributed by atoms with Gasteiger partial charge in [-0.25, -0.2) is 15.0 Å². The van der Waals surface area contributed by atoms with E-state index < -0.39 is 34.8 Å². The fourth-order valence-electron chi connectivity index (χ4n) is 10.8. The lowest BCUT2D eigenvalue weighted by Crippen LogP contribution is -2.48. The highest BCUT2D eigenvalue weighted by Crippen LogP contribution is 2.42. The molecule has 1 aliphatic rings. The summed E-state index contributed by atoms with van der Waals surface area (Å²) >= 11 is 0. The maximum absolute atomic E-state index is 13.6. The number of oxazole rings is 3. The Labute approximate surface area is 538 Å². The molecule has 0 saturated carbocycles. The molecule has 13 atom stereocenters. The summed E-state index contributed by atoms with van der Waals surface area (Å²) in [7, 11) is 5.47. The van der Waals surface area contributed by atoms with Crippen LogP contribution in [-0.2, 0) is 62.9 Å². The lowest BCUT2D eigenvalue weighted by atomic mass is 9.84. The molecule has 22 heteroatoms. The molecule has 1 fully saturated rings. The van der Waals surface area contributed by atoms with Gasteiger partial charge in [-0.3, -0.25) is 9.59 Å². The summed E-state index contributed by atoms with van der Waals surface area (Å²) in [5, 5.41) is -0.106. The van der Waals surface area contributed by atoms with Crippen LogP contribution in [0.15, 0.2) is 68.5 Å². The summed E-state index contributed by atoms with van der Waals surface area (Å²) in [6.07, 6.45) is 13.4. The maximum atomic E-state index is 13.6. The van der Waals surface area contributed by atoms with Gasteiger partial charge in [-0.2, -0.15) is 0 Å². The molecular formula is C68H109N3O17Si2. The summed E-state index contributed by atoms with van der Waals surface area (Å²) in [5.41, 5.74) is 2.05. The Bertz CT molecular complexity index is 2850. The maximum Gasteiger partial charge on any atom is 0.308 e. The van der Waals surface area contributed by atoms with Crippen molar-refractivity contribution in [3.63, 3.8) is 0 Å². The molecule has 0 aliphatic carbocycles. The molecule has 1 aromatic carbocycles. The molecule has 1 saturated heterocycles. The van der Waals surface area contributed by atoms with Crippen LogP contribution in [0.1, 0.15) is 151 Å². The van der Waals surface area contributed by atoms with E-state index in [1.165, 1.54) is 32.0 Å². The summed E-state index contributed by atoms with van der Waals surface area (Å²) < 4.78 is 90.9. The number of ether oxygens (including phenoxy) is 10. The van der Waals surface area contributed by atoms with Crippen LogP contribution in [0, 0.1) is 29.6 Å². The fourth-order valence-corrected chi connectivity index (χ4v) is 13.6. The molecule has 1 unspecified atom stereocenters. The third-order valence-electron chi connectivity index (χ3n) is 18.6. The number of benzene rings is 1. The second-order valence-corrected chi connectivity index (χ2v) is 36.6. The van der Waals surface area contributed by atoms with Crippen LogP contribution < -0.4 is 9.47 Å². The zero-order valence-electron chi connectivity index (χ0n) is 58.1. The molecule has 0 bridgehead atoms. The first-order valence-electron chi connectivity index (χ1n) is 31.9. The number of carbonyl (C=O) groups excluding carboxylic acids is 2. The highest BCUT2D eigenvalue weighted by Gasteiger charge is 2.44. The SMILES string of the molecule is CCOC(=O)C[C@H](C/C=C/C(=O)[C@H](C)[C@H](OC)c1coc(-c2coc(-c3coc(/C=C/C[C@H](OC)[C@@H](C)[C@H](C[C@H](OC)[C@@H](C)CC[C@@H](OCOCc4ccc(OC)c(OC)c4)[C@@H](C)[C@@H]4OC(OC)C[C@H]4C)O[Si](C)(C)C(C)(C)C)n3)n2)n1)O[Si](C)(C)C(C)(C)C. The van der Waals surface area contributed by atoms with Gasteiger partial charge in [0.15, 0.2) is 51.6 Å². The fraction of sp³-hybridized carbons (Fsp3) is 0.691. The number of hydrogen-bond acceptors (Lipinski definition) is 20. The summed E-state index contributed by atoms with van der Waals surface area (Å²) in [6.45, 7) is 35.2. The van der Waals surface area contributed by atoms with Crippen LogP contribution in [0.4, 0.5) is 0 Å². The quantitative estimate of drug-likeness (QED) is 0.0133. The first kappa shape index (κ1) is 75.9. The summed E-state index contributed by atoms with van der Waals surface area (Å²) in [4.78, 5) is 40.0. The normalized spacial score (nSPS) is 19.6. The number of ketones is 1. The van der Waals surface area contributed by atoms with Crippen LogP contribution in [0.5, 0.6) is 11.5 Å².